The van der Waals surface area contributed by atoms with Crippen molar-refractivity contribution in [1.29, 1.82) is 0 Å². The van der Waals surface area contributed by atoms with Gasteiger partial charge >= 0.3 is 0 Å². The first kappa shape index (κ1) is 23.8. The number of aromatic nitrogens is 3. The van der Waals surface area contributed by atoms with E-state index in [2.05, 4.69) is 45.3 Å². The van der Waals surface area contributed by atoms with Crippen LogP contribution in [0.3, 0.4) is 0 Å². The van der Waals surface area contributed by atoms with E-state index in [1.54, 1.807) is 0 Å². The Morgan fingerprint density at radius 1 is 1.00 bits per heavy atom. The molecular weight excluding hydrogens is 452 g/mol. The number of fused-ring (bicyclic) bond motifs is 3. The number of piperazine rings is 1. The van der Waals surface area contributed by atoms with Gasteiger partial charge < -0.3 is 15.3 Å². The highest BCUT2D eigenvalue weighted by molar-refractivity contribution is 6.04. The molecule has 3 fully saturated rings. The molecule has 3 aromatic rings. The maximum Gasteiger partial charge on any atom is 0.260 e. The third-order valence-electron chi connectivity index (χ3n) is 8.34. The second kappa shape index (κ2) is 10.1. The first-order valence-corrected chi connectivity index (χ1v) is 13.7. The molecule has 3 heterocycles. The Hall–Kier alpha value is -2.55. The largest absolute Gasteiger partial charge is 0.393 e. The predicted octanol–water partition coefficient (Wildman–Crippen LogP) is 3.38. The summed E-state index contributed by atoms with van der Waals surface area (Å²) in [5.74, 6) is 1.31. The van der Waals surface area contributed by atoms with Gasteiger partial charge in [0.25, 0.3) is 5.56 Å². The number of hydrogen-bond acceptors (Lipinski definition) is 7. The van der Waals surface area contributed by atoms with Crippen LogP contribution in [0.2, 0.25) is 0 Å². The van der Waals surface area contributed by atoms with E-state index in [-0.39, 0.29) is 17.7 Å². The van der Waals surface area contributed by atoms with Gasteiger partial charge in [0.15, 0.2) is 0 Å². The summed E-state index contributed by atoms with van der Waals surface area (Å²) >= 11 is 0. The maximum absolute atomic E-state index is 14.1. The van der Waals surface area contributed by atoms with Crippen LogP contribution >= 0.6 is 0 Å². The highest BCUT2D eigenvalue weighted by Crippen LogP contribution is 2.32. The molecule has 1 aliphatic heterocycles. The summed E-state index contributed by atoms with van der Waals surface area (Å²) in [4.78, 5) is 28.5. The Balaban J connectivity index is 1.42. The number of nitrogens with zero attached hydrogens (tertiary/aromatic N) is 5. The SMILES string of the molecule is CN1CCN(Cc2ccc3c(c2)c(=O)n([C@H]2CCC[C@H](O)CC2)c2nc(NCC4CC4)ncc32)CC1. The summed E-state index contributed by atoms with van der Waals surface area (Å²) in [6.45, 7) is 5.99. The molecule has 8 heteroatoms. The summed E-state index contributed by atoms with van der Waals surface area (Å²) < 4.78 is 1.93. The van der Waals surface area contributed by atoms with E-state index in [1.807, 2.05) is 10.8 Å². The lowest BCUT2D eigenvalue weighted by molar-refractivity contribution is 0.148. The molecule has 1 aromatic carbocycles. The summed E-state index contributed by atoms with van der Waals surface area (Å²) in [6, 6.07) is 6.38. The highest BCUT2D eigenvalue weighted by atomic mass is 16.3. The van der Waals surface area contributed by atoms with Gasteiger partial charge in [-0.05, 0) is 74.9 Å². The Morgan fingerprint density at radius 2 is 1.83 bits per heavy atom. The highest BCUT2D eigenvalue weighted by Gasteiger charge is 2.25. The first-order chi connectivity index (χ1) is 17.5. The molecule has 2 aliphatic carbocycles. The summed E-state index contributed by atoms with van der Waals surface area (Å²) in [5.41, 5.74) is 1.93. The lowest BCUT2D eigenvalue weighted by Crippen LogP contribution is -2.43. The van der Waals surface area contributed by atoms with Crippen LogP contribution in [-0.4, -0.2) is 75.3 Å². The number of rotatable bonds is 6. The van der Waals surface area contributed by atoms with Gasteiger partial charge in [-0.2, -0.15) is 4.98 Å². The van der Waals surface area contributed by atoms with E-state index in [9.17, 15) is 9.90 Å². The molecular formula is C28H38N6O2. The van der Waals surface area contributed by atoms with Crippen LogP contribution in [0.5, 0.6) is 0 Å². The minimum absolute atomic E-state index is 0.0333. The molecule has 0 amide bonds. The van der Waals surface area contributed by atoms with E-state index in [0.29, 0.717) is 17.5 Å². The summed E-state index contributed by atoms with van der Waals surface area (Å²) in [6.07, 6.45) is 8.24. The number of aliphatic hydroxyl groups is 1. The normalized spacial score (nSPS) is 24.3. The minimum Gasteiger partial charge on any atom is -0.393 e. The van der Waals surface area contributed by atoms with E-state index >= 15 is 0 Å². The number of hydrogen-bond donors (Lipinski definition) is 2. The van der Waals surface area contributed by atoms with Gasteiger partial charge in [-0.3, -0.25) is 14.3 Å². The van der Waals surface area contributed by atoms with E-state index in [0.717, 1.165) is 87.5 Å². The lowest BCUT2D eigenvalue weighted by atomic mass is 10.0. The fourth-order valence-electron chi connectivity index (χ4n) is 5.84. The Kier molecular flexibility index (Phi) is 6.67. The average molecular weight is 491 g/mol. The smallest absolute Gasteiger partial charge is 0.260 e. The number of pyridine rings is 1. The fraction of sp³-hybridized carbons (Fsp3) is 0.607. The molecule has 0 spiro atoms. The monoisotopic (exact) mass is 490 g/mol. The van der Waals surface area contributed by atoms with Crippen molar-refractivity contribution >= 4 is 27.8 Å². The number of likely N-dealkylation sites (N-methyl/N-ethyl adjacent to an activating group) is 1. The van der Waals surface area contributed by atoms with Gasteiger partial charge in [-0.1, -0.05) is 12.1 Å². The second-order valence-electron chi connectivity index (χ2n) is 11.2. The molecule has 1 saturated heterocycles. The van der Waals surface area contributed by atoms with Crippen LogP contribution in [-0.2, 0) is 6.54 Å². The number of aliphatic hydroxyl groups excluding tert-OH is 1. The van der Waals surface area contributed by atoms with Crippen LogP contribution in [0.25, 0.3) is 21.8 Å². The van der Waals surface area contributed by atoms with Gasteiger partial charge in [-0.25, -0.2) is 4.98 Å². The van der Waals surface area contributed by atoms with Gasteiger partial charge in [0.05, 0.1) is 6.10 Å². The molecule has 2 saturated carbocycles. The Labute approximate surface area is 212 Å². The fourth-order valence-corrected chi connectivity index (χ4v) is 5.84. The van der Waals surface area contributed by atoms with Crippen LogP contribution in [0.15, 0.2) is 29.2 Å². The van der Waals surface area contributed by atoms with Crippen molar-refractivity contribution in [2.45, 2.75) is 63.6 Å². The predicted molar refractivity (Wildman–Crippen MR) is 143 cm³/mol. The van der Waals surface area contributed by atoms with Gasteiger partial charge in [0.1, 0.15) is 5.65 Å². The van der Waals surface area contributed by atoms with Gasteiger partial charge in [-0.15, -0.1) is 0 Å². The molecule has 0 bridgehead atoms. The molecule has 0 unspecified atom stereocenters. The average Bonchev–Trinajstić information content (AvgIpc) is 3.73. The summed E-state index contributed by atoms with van der Waals surface area (Å²) in [7, 11) is 2.17. The van der Waals surface area contributed by atoms with Gasteiger partial charge in [0.2, 0.25) is 5.95 Å². The van der Waals surface area contributed by atoms with Crippen LogP contribution < -0.4 is 10.9 Å². The van der Waals surface area contributed by atoms with Crippen molar-refractivity contribution in [3.63, 3.8) is 0 Å². The lowest BCUT2D eigenvalue weighted by Gasteiger charge is -2.32. The Morgan fingerprint density at radius 3 is 2.64 bits per heavy atom. The third kappa shape index (κ3) is 4.99. The molecule has 36 heavy (non-hydrogen) atoms. The molecule has 2 atom stereocenters. The molecule has 2 N–H and O–H groups in total. The minimum atomic E-state index is -0.280. The topological polar surface area (TPSA) is 86.5 Å². The van der Waals surface area contributed by atoms with Crippen molar-refractivity contribution in [1.82, 2.24) is 24.3 Å². The zero-order chi connectivity index (χ0) is 24.6. The van der Waals surface area contributed by atoms with Gasteiger partial charge in [0, 0.05) is 62.3 Å². The quantitative estimate of drug-likeness (QED) is 0.405. The van der Waals surface area contributed by atoms with E-state index in [4.69, 9.17) is 4.98 Å². The molecule has 0 radical (unpaired) electrons. The van der Waals surface area contributed by atoms with Crippen molar-refractivity contribution in [2.75, 3.05) is 45.1 Å². The number of benzene rings is 1. The molecule has 192 valence electrons. The second-order valence-corrected chi connectivity index (χ2v) is 11.2. The van der Waals surface area contributed by atoms with Crippen molar-refractivity contribution in [2.24, 2.45) is 5.92 Å². The maximum atomic E-state index is 14.1. The van der Waals surface area contributed by atoms with Crippen molar-refractivity contribution in [3.8, 4) is 0 Å². The third-order valence-corrected chi connectivity index (χ3v) is 8.34. The Bertz CT molecular complexity index is 1290. The number of nitrogens with one attached hydrogen (secondary N) is 1. The summed E-state index contributed by atoms with van der Waals surface area (Å²) in [5, 5.41) is 16.3. The van der Waals surface area contributed by atoms with E-state index < -0.39 is 0 Å². The van der Waals surface area contributed by atoms with Crippen LogP contribution in [0.4, 0.5) is 5.95 Å². The van der Waals surface area contributed by atoms with Crippen molar-refractivity contribution < 1.29 is 5.11 Å². The van der Waals surface area contributed by atoms with Crippen LogP contribution in [0.1, 0.15) is 56.6 Å². The van der Waals surface area contributed by atoms with E-state index in [1.165, 1.54) is 18.4 Å². The zero-order valence-electron chi connectivity index (χ0n) is 21.3. The zero-order valence-corrected chi connectivity index (χ0v) is 21.3. The number of anilines is 1. The van der Waals surface area contributed by atoms with Crippen molar-refractivity contribution in [3.05, 3.63) is 40.3 Å². The first-order valence-electron chi connectivity index (χ1n) is 13.7. The molecule has 6 rings (SSSR count). The standard InChI is InChI=1S/C28H38N6O2/c1-32-11-13-33(14-12-32)18-20-7-10-23-24(15-20)27(36)34(21-3-2-4-22(35)9-8-21)26-25(23)17-30-28(31-26)29-16-19-5-6-19/h7,10,15,17,19,21-22,35H,2-6,8-9,11-14,16,18H2,1H3,(H,29,30,31)/t21-,22-/m0/s1. The molecule has 8 nitrogen and oxygen atoms in total. The van der Waals surface area contributed by atoms with Crippen LogP contribution in [0, 0.1) is 5.92 Å². The molecule has 2 aromatic heterocycles. The molecule has 3 aliphatic rings.